The first-order chi connectivity index (χ1) is 11.8. The second-order valence-corrected chi connectivity index (χ2v) is 5.60. The number of benzene rings is 1. The molecule has 1 unspecified atom stereocenters. The Labute approximate surface area is 146 Å². The summed E-state index contributed by atoms with van der Waals surface area (Å²) >= 11 is 0. The number of nitrogens with zero attached hydrogens (tertiary/aromatic N) is 1. The maximum Gasteiger partial charge on any atom is 0.191 e. The molecule has 0 aliphatic rings. The molecule has 0 aromatic heterocycles. The van der Waals surface area contributed by atoms with Gasteiger partial charge >= 0.3 is 0 Å². The molecule has 1 aromatic carbocycles. The molecular formula is C19H33N3O2. The van der Waals surface area contributed by atoms with Crippen molar-refractivity contribution in [3.8, 4) is 0 Å². The third kappa shape index (κ3) is 8.89. The van der Waals surface area contributed by atoms with Gasteiger partial charge < -0.3 is 20.1 Å². The summed E-state index contributed by atoms with van der Waals surface area (Å²) in [6.07, 6.45) is 3.26. The number of aliphatic imine (C=N–C) groups is 1. The number of hydrogen-bond acceptors (Lipinski definition) is 3. The van der Waals surface area contributed by atoms with Gasteiger partial charge in [0.05, 0.1) is 6.54 Å². The Morgan fingerprint density at radius 3 is 2.50 bits per heavy atom. The minimum absolute atomic E-state index is 0.0287. The number of rotatable bonds is 12. The van der Waals surface area contributed by atoms with Gasteiger partial charge in [-0.05, 0) is 25.3 Å². The Bertz CT molecular complexity index is 437. The van der Waals surface area contributed by atoms with Gasteiger partial charge in [0.25, 0.3) is 0 Å². The van der Waals surface area contributed by atoms with Crippen LogP contribution in [0.5, 0.6) is 0 Å². The summed E-state index contributed by atoms with van der Waals surface area (Å²) in [6, 6.07) is 10.2. The molecule has 0 spiro atoms. The number of ether oxygens (including phenoxy) is 2. The molecule has 5 nitrogen and oxygen atoms in total. The summed E-state index contributed by atoms with van der Waals surface area (Å²) in [5.74, 6) is 0.823. The van der Waals surface area contributed by atoms with E-state index in [9.17, 15) is 0 Å². The molecule has 5 heteroatoms. The quantitative estimate of drug-likeness (QED) is 0.350. The second-order valence-electron chi connectivity index (χ2n) is 5.60. The number of hydrogen-bond donors (Lipinski definition) is 2. The summed E-state index contributed by atoms with van der Waals surface area (Å²) in [4.78, 5) is 4.64. The van der Waals surface area contributed by atoms with Crippen molar-refractivity contribution >= 4 is 5.96 Å². The molecule has 0 aliphatic heterocycles. The largest absolute Gasteiger partial charge is 0.381 e. The van der Waals surface area contributed by atoms with Crippen LogP contribution in [0, 0.1) is 0 Å². The molecule has 136 valence electrons. The van der Waals surface area contributed by atoms with Gasteiger partial charge in [-0.3, -0.25) is 4.99 Å². The van der Waals surface area contributed by atoms with Crippen LogP contribution in [-0.4, -0.2) is 45.9 Å². The van der Waals surface area contributed by atoms with Gasteiger partial charge in [0, 0.05) is 33.4 Å². The fourth-order valence-electron chi connectivity index (χ4n) is 2.23. The molecule has 0 heterocycles. The molecule has 2 N–H and O–H groups in total. The summed E-state index contributed by atoms with van der Waals surface area (Å²) in [5, 5.41) is 6.61. The summed E-state index contributed by atoms with van der Waals surface area (Å²) in [6.45, 7) is 8.16. The second kappa shape index (κ2) is 13.8. The number of guanidine groups is 1. The zero-order chi connectivity index (χ0) is 17.5. The molecule has 0 fully saturated rings. The van der Waals surface area contributed by atoms with E-state index in [1.807, 2.05) is 18.2 Å². The molecule has 1 rings (SSSR count). The van der Waals surface area contributed by atoms with E-state index in [-0.39, 0.29) is 6.10 Å². The molecule has 0 aliphatic carbocycles. The lowest BCUT2D eigenvalue weighted by Gasteiger charge is -2.16. The van der Waals surface area contributed by atoms with Crippen LogP contribution in [0.3, 0.4) is 0 Å². The molecule has 0 saturated carbocycles. The van der Waals surface area contributed by atoms with Crippen molar-refractivity contribution in [3.63, 3.8) is 0 Å². The van der Waals surface area contributed by atoms with E-state index in [0.717, 1.165) is 50.7 Å². The average Bonchev–Trinajstić information content (AvgIpc) is 2.62. The van der Waals surface area contributed by atoms with Crippen molar-refractivity contribution in [1.29, 1.82) is 0 Å². The summed E-state index contributed by atoms with van der Waals surface area (Å²) in [7, 11) is 1.72. The standard InChI is InChI=1S/C19H33N3O2/c1-4-6-14-24-15-10-13-21-19(20-5-2)22-16-18(23-3)17-11-8-7-9-12-17/h7-9,11-12,18H,4-6,10,13-16H2,1-3H3,(H2,20,21,22). The zero-order valence-corrected chi connectivity index (χ0v) is 15.4. The van der Waals surface area contributed by atoms with E-state index < -0.39 is 0 Å². The number of nitrogens with one attached hydrogen (secondary N) is 2. The van der Waals surface area contributed by atoms with Gasteiger partial charge in [-0.25, -0.2) is 0 Å². The Hall–Kier alpha value is -1.59. The Morgan fingerprint density at radius 1 is 1.08 bits per heavy atom. The highest BCUT2D eigenvalue weighted by Gasteiger charge is 2.09. The molecule has 0 amide bonds. The normalized spacial score (nSPS) is 12.9. The topological polar surface area (TPSA) is 54.9 Å². The lowest BCUT2D eigenvalue weighted by Crippen LogP contribution is -2.38. The van der Waals surface area contributed by atoms with Crippen LogP contribution in [0.1, 0.15) is 44.8 Å². The van der Waals surface area contributed by atoms with Crippen LogP contribution in [-0.2, 0) is 9.47 Å². The van der Waals surface area contributed by atoms with Gasteiger partial charge in [0.2, 0.25) is 0 Å². The monoisotopic (exact) mass is 335 g/mol. The van der Waals surface area contributed by atoms with E-state index in [0.29, 0.717) is 6.54 Å². The predicted octanol–water partition coefficient (Wildman–Crippen LogP) is 3.14. The number of unbranched alkanes of at least 4 members (excludes halogenated alkanes) is 1. The van der Waals surface area contributed by atoms with Crippen molar-refractivity contribution in [3.05, 3.63) is 35.9 Å². The van der Waals surface area contributed by atoms with Crippen LogP contribution in [0.2, 0.25) is 0 Å². The fraction of sp³-hybridized carbons (Fsp3) is 0.632. The summed E-state index contributed by atoms with van der Waals surface area (Å²) in [5.41, 5.74) is 1.14. The SMILES string of the molecule is CCCCOCCCNC(=NCC(OC)c1ccccc1)NCC. The first-order valence-corrected chi connectivity index (χ1v) is 8.99. The number of methoxy groups -OCH3 is 1. The minimum Gasteiger partial charge on any atom is -0.381 e. The first-order valence-electron chi connectivity index (χ1n) is 8.99. The van der Waals surface area contributed by atoms with Gasteiger partial charge in [-0.2, -0.15) is 0 Å². The van der Waals surface area contributed by atoms with E-state index in [4.69, 9.17) is 9.47 Å². The molecule has 1 atom stereocenters. The van der Waals surface area contributed by atoms with Crippen LogP contribution in [0.4, 0.5) is 0 Å². The summed E-state index contributed by atoms with van der Waals surface area (Å²) < 4.78 is 11.1. The van der Waals surface area contributed by atoms with Crippen LogP contribution in [0.25, 0.3) is 0 Å². The zero-order valence-electron chi connectivity index (χ0n) is 15.4. The first kappa shape index (κ1) is 20.5. The van der Waals surface area contributed by atoms with Gasteiger partial charge in [-0.15, -0.1) is 0 Å². The fourth-order valence-corrected chi connectivity index (χ4v) is 2.23. The highest BCUT2D eigenvalue weighted by Crippen LogP contribution is 2.16. The van der Waals surface area contributed by atoms with E-state index >= 15 is 0 Å². The average molecular weight is 335 g/mol. The van der Waals surface area contributed by atoms with Gasteiger partial charge in [0.1, 0.15) is 6.10 Å². The van der Waals surface area contributed by atoms with E-state index in [1.165, 1.54) is 6.42 Å². The van der Waals surface area contributed by atoms with E-state index in [1.54, 1.807) is 7.11 Å². The lowest BCUT2D eigenvalue weighted by atomic mass is 10.1. The highest BCUT2D eigenvalue weighted by molar-refractivity contribution is 5.79. The lowest BCUT2D eigenvalue weighted by molar-refractivity contribution is 0.111. The van der Waals surface area contributed by atoms with Crippen molar-refractivity contribution in [1.82, 2.24) is 10.6 Å². The van der Waals surface area contributed by atoms with Crippen molar-refractivity contribution in [2.75, 3.05) is 40.0 Å². The molecule has 0 radical (unpaired) electrons. The van der Waals surface area contributed by atoms with Crippen LogP contribution in [0.15, 0.2) is 35.3 Å². The van der Waals surface area contributed by atoms with Gasteiger partial charge in [0.15, 0.2) is 5.96 Å². The van der Waals surface area contributed by atoms with Crippen LogP contribution >= 0.6 is 0 Å². The van der Waals surface area contributed by atoms with Crippen molar-refractivity contribution in [2.45, 2.75) is 39.2 Å². The maximum atomic E-state index is 5.57. The maximum absolute atomic E-state index is 5.57. The molecule has 24 heavy (non-hydrogen) atoms. The minimum atomic E-state index is -0.0287. The van der Waals surface area contributed by atoms with Crippen molar-refractivity contribution < 1.29 is 9.47 Å². The Morgan fingerprint density at radius 2 is 1.83 bits per heavy atom. The Kier molecular flexibility index (Phi) is 11.8. The van der Waals surface area contributed by atoms with Crippen molar-refractivity contribution in [2.24, 2.45) is 4.99 Å². The highest BCUT2D eigenvalue weighted by atomic mass is 16.5. The predicted molar refractivity (Wildman–Crippen MR) is 101 cm³/mol. The molecule has 0 saturated heterocycles. The van der Waals surface area contributed by atoms with E-state index in [2.05, 4.69) is 41.6 Å². The Balaban J connectivity index is 2.38. The molecular weight excluding hydrogens is 302 g/mol. The van der Waals surface area contributed by atoms with Gasteiger partial charge in [-0.1, -0.05) is 43.7 Å². The van der Waals surface area contributed by atoms with Crippen LogP contribution < -0.4 is 10.6 Å². The smallest absolute Gasteiger partial charge is 0.191 e. The third-order valence-electron chi connectivity index (χ3n) is 3.62. The molecule has 0 bridgehead atoms. The molecule has 1 aromatic rings. The third-order valence-corrected chi connectivity index (χ3v) is 3.62.